The summed E-state index contributed by atoms with van der Waals surface area (Å²) in [6, 6.07) is 7.18. The van der Waals surface area contributed by atoms with Crippen molar-refractivity contribution >= 4 is 22.2 Å². The van der Waals surface area contributed by atoms with Crippen LogP contribution in [0.25, 0.3) is 0 Å². The number of nitrogens with zero attached hydrogens (tertiary/aromatic N) is 2. The second-order valence-electron chi connectivity index (χ2n) is 7.23. The molecule has 162 valence electrons. The van der Waals surface area contributed by atoms with Gasteiger partial charge in [0.1, 0.15) is 15.6 Å². The van der Waals surface area contributed by atoms with Crippen LogP contribution in [0.4, 0.5) is 0 Å². The largest absolute Gasteiger partial charge is 0.497 e. The smallest absolute Gasteiger partial charge is 0.290 e. The summed E-state index contributed by atoms with van der Waals surface area (Å²) in [6.45, 7) is 3.24. The number of carbonyl (C=O) groups is 2. The number of rotatable bonds is 5. The third-order valence-corrected chi connectivity index (χ3v) is 5.86. The minimum absolute atomic E-state index is 0.0128. The van der Waals surface area contributed by atoms with Gasteiger partial charge in [-0.2, -0.15) is 0 Å². The fourth-order valence-corrected chi connectivity index (χ4v) is 4.16. The quantitative estimate of drug-likeness (QED) is 0.663. The molecule has 2 saturated heterocycles. The number of hydrogen-bond donors (Lipinski definition) is 1. The van der Waals surface area contributed by atoms with Gasteiger partial charge in [-0.15, -0.1) is 0 Å². The minimum atomic E-state index is -3.02. The highest BCUT2D eigenvalue weighted by atomic mass is 32.2. The Morgan fingerprint density at radius 3 is 2.69 bits per heavy atom. The zero-order valence-corrected chi connectivity index (χ0v) is 17.5. The maximum Gasteiger partial charge on any atom is 0.290 e. The summed E-state index contributed by atoms with van der Waals surface area (Å²) >= 11 is 0. The molecule has 1 N–H and O–H groups in total. The Labute approximate surface area is 171 Å². The van der Waals surface area contributed by atoms with Crippen LogP contribution in [0.5, 0.6) is 5.75 Å². The lowest BCUT2D eigenvalue weighted by Gasteiger charge is -2.31. The lowest BCUT2D eigenvalue weighted by Crippen LogP contribution is -2.46. The van der Waals surface area contributed by atoms with Crippen molar-refractivity contribution in [2.24, 2.45) is 5.92 Å². The van der Waals surface area contributed by atoms with E-state index >= 15 is 0 Å². The Bertz CT molecular complexity index is 800. The summed E-state index contributed by atoms with van der Waals surface area (Å²) < 4.78 is 34.0. The third kappa shape index (κ3) is 6.98. The summed E-state index contributed by atoms with van der Waals surface area (Å²) in [5, 5.41) is 6.89. The molecule has 2 heterocycles. The fraction of sp³-hybridized carbons (Fsp3) is 0.579. The first kappa shape index (κ1) is 23.1. The Morgan fingerprint density at radius 2 is 2.03 bits per heavy atom. The van der Waals surface area contributed by atoms with E-state index in [0.29, 0.717) is 44.2 Å². The second kappa shape index (κ2) is 10.6. The standard InChI is InChI=1S/C18H26N2O5S.CH2O2/c1-24-17-5-3-4-15(8-17)18(21)20-10-14-9-19(6-7-26(2,22)23)16(11-20)13-25-12-14;2-1-3/h3-5,8,14,16H,6-7,9-13H2,1-2H3;1H,(H,2,3)/t14-,16+;/m1./s1. The normalized spacial score (nSPS) is 22.1. The lowest BCUT2D eigenvalue weighted by molar-refractivity contribution is -0.122. The van der Waals surface area contributed by atoms with Crippen LogP contribution < -0.4 is 4.74 Å². The summed E-state index contributed by atoms with van der Waals surface area (Å²) in [5.74, 6) is 0.936. The van der Waals surface area contributed by atoms with Crippen LogP contribution in [-0.4, -0.2) is 100 Å². The molecule has 0 aromatic heterocycles. The molecule has 1 aromatic rings. The Balaban J connectivity index is 0.000000941. The predicted octanol–water partition coefficient (Wildman–Crippen LogP) is 0.213. The SMILES string of the molecule is COc1cccc(C(=O)N2C[C@@H]3COC[C@H](C2)N(CCS(C)(=O)=O)C3)c1.O=CO. The van der Waals surface area contributed by atoms with Crippen molar-refractivity contribution in [3.8, 4) is 5.75 Å². The van der Waals surface area contributed by atoms with Crippen LogP contribution in [0.15, 0.2) is 24.3 Å². The van der Waals surface area contributed by atoms with E-state index in [1.807, 2.05) is 17.0 Å². The summed E-state index contributed by atoms with van der Waals surface area (Å²) in [6.07, 6.45) is 1.26. The van der Waals surface area contributed by atoms with Gasteiger partial charge in [0, 0.05) is 43.9 Å². The molecular formula is C19H28N2O7S. The van der Waals surface area contributed by atoms with Gasteiger partial charge in [0.05, 0.1) is 32.1 Å². The van der Waals surface area contributed by atoms with Gasteiger partial charge in [0.25, 0.3) is 12.4 Å². The summed E-state index contributed by atoms with van der Waals surface area (Å²) in [4.78, 5) is 25.4. The van der Waals surface area contributed by atoms with E-state index in [1.54, 1.807) is 19.2 Å². The molecule has 3 rings (SSSR count). The third-order valence-electron chi connectivity index (χ3n) is 4.94. The van der Waals surface area contributed by atoms with Crippen molar-refractivity contribution in [1.82, 2.24) is 9.80 Å². The van der Waals surface area contributed by atoms with Gasteiger partial charge in [-0.25, -0.2) is 8.42 Å². The second-order valence-corrected chi connectivity index (χ2v) is 9.49. The molecule has 2 atom stereocenters. The van der Waals surface area contributed by atoms with Crippen LogP contribution in [0.3, 0.4) is 0 Å². The monoisotopic (exact) mass is 428 g/mol. The predicted molar refractivity (Wildman–Crippen MR) is 107 cm³/mol. The average molecular weight is 429 g/mol. The Hall–Kier alpha value is -2.17. The van der Waals surface area contributed by atoms with Crippen molar-refractivity contribution in [3.63, 3.8) is 0 Å². The number of carbonyl (C=O) groups excluding carboxylic acids is 1. The van der Waals surface area contributed by atoms with E-state index in [-0.39, 0.29) is 30.1 Å². The molecule has 0 spiro atoms. The van der Waals surface area contributed by atoms with Crippen molar-refractivity contribution in [1.29, 1.82) is 0 Å². The molecule has 29 heavy (non-hydrogen) atoms. The number of methoxy groups -OCH3 is 1. The fourth-order valence-electron chi connectivity index (χ4n) is 3.59. The molecule has 1 amide bonds. The number of fused-ring (bicyclic) bond motifs is 3. The first-order valence-electron chi connectivity index (χ1n) is 9.28. The molecule has 2 fully saturated rings. The highest BCUT2D eigenvalue weighted by Gasteiger charge is 2.35. The van der Waals surface area contributed by atoms with E-state index in [2.05, 4.69) is 4.90 Å². The van der Waals surface area contributed by atoms with Crippen LogP contribution in [0, 0.1) is 5.92 Å². The van der Waals surface area contributed by atoms with Gasteiger partial charge >= 0.3 is 0 Å². The first-order chi connectivity index (χ1) is 13.8. The summed E-state index contributed by atoms with van der Waals surface area (Å²) in [5.41, 5.74) is 0.605. The Kier molecular flexibility index (Phi) is 8.42. The molecule has 2 bridgehead atoms. The number of carboxylic acid groups (broad SMARTS) is 1. The van der Waals surface area contributed by atoms with E-state index in [1.165, 1.54) is 6.26 Å². The topological polar surface area (TPSA) is 113 Å². The molecule has 9 nitrogen and oxygen atoms in total. The zero-order valence-electron chi connectivity index (χ0n) is 16.7. The Morgan fingerprint density at radius 1 is 1.31 bits per heavy atom. The van der Waals surface area contributed by atoms with Gasteiger partial charge in [0.15, 0.2) is 0 Å². The first-order valence-corrected chi connectivity index (χ1v) is 11.3. The molecule has 2 aliphatic heterocycles. The van der Waals surface area contributed by atoms with Crippen molar-refractivity contribution in [2.75, 3.05) is 58.5 Å². The highest BCUT2D eigenvalue weighted by Crippen LogP contribution is 2.22. The van der Waals surface area contributed by atoms with Crippen molar-refractivity contribution in [2.45, 2.75) is 6.04 Å². The van der Waals surface area contributed by atoms with Gasteiger partial charge in [0.2, 0.25) is 0 Å². The number of ether oxygens (including phenoxy) is 2. The number of sulfone groups is 1. The zero-order chi connectivity index (χ0) is 21.4. The van der Waals surface area contributed by atoms with Crippen molar-refractivity contribution < 1.29 is 32.6 Å². The van der Waals surface area contributed by atoms with E-state index < -0.39 is 9.84 Å². The molecule has 10 heteroatoms. The van der Waals surface area contributed by atoms with Crippen LogP contribution in [0.1, 0.15) is 10.4 Å². The molecule has 1 aromatic carbocycles. The van der Waals surface area contributed by atoms with Gasteiger partial charge < -0.3 is 19.5 Å². The minimum Gasteiger partial charge on any atom is -0.497 e. The average Bonchev–Trinajstić information content (AvgIpc) is 2.96. The van der Waals surface area contributed by atoms with E-state index in [0.717, 1.165) is 6.54 Å². The van der Waals surface area contributed by atoms with Crippen LogP contribution in [-0.2, 0) is 19.4 Å². The van der Waals surface area contributed by atoms with Gasteiger partial charge in [-0.1, -0.05) is 6.07 Å². The van der Waals surface area contributed by atoms with Crippen LogP contribution in [0.2, 0.25) is 0 Å². The van der Waals surface area contributed by atoms with Gasteiger partial charge in [-0.05, 0) is 18.2 Å². The molecule has 0 aliphatic carbocycles. The maximum absolute atomic E-state index is 13.0. The highest BCUT2D eigenvalue weighted by molar-refractivity contribution is 7.90. The van der Waals surface area contributed by atoms with Crippen LogP contribution >= 0.6 is 0 Å². The lowest BCUT2D eigenvalue weighted by atomic mass is 10.1. The number of amides is 1. The maximum atomic E-state index is 13.0. The van der Waals surface area contributed by atoms with Gasteiger partial charge in [-0.3, -0.25) is 14.5 Å². The van der Waals surface area contributed by atoms with E-state index in [9.17, 15) is 13.2 Å². The number of benzene rings is 1. The summed E-state index contributed by atoms with van der Waals surface area (Å²) in [7, 11) is -1.44. The molecule has 0 unspecified atom stereocenters. The molecule has 0 saturated carbocycles. The molecule has 0 radical (unpaired) electrons. The van der Waals surface area contributed by atoms with E-state index in [4.69, 9.17) is 19.4 Å². The van der Waals surface area contributed by atoms with Crippen molar-refractivity contribution in [3.05, 3.63) is 29.8 Å². The number of hydrogen-bond acceptors (Lipinski definition) is 7. The molecular weight excluding hydrogens is 400 g/mol. The molecule has 2 aliphatic rings.